The van der Waals surface area contributed by atoms with E-state index in [2.05, 4.69) is 15.3 Å². The zero-order chi connectivity index (χ0) is 8.97. The number of thioether (sulfide) groups is 1. The van der Waals surface area contributed by atoms with Crippen molar-refractivity contribution in [3.63, 3.8) is 0 Å². The van der Waals surface area contributed by atoms with E-state index in [-0.39, 0.29) is 12.1 Å². The lowest BCUT2D eigenvalue weighted by molar-refractivity contribution is -0.109. The number of amidine groups is 1. The molecule has 1 aliphatic rings. The summed E-state index contributed by atoms with van der Waals surface area (Å²) in [5.41, 5.74) is 0. The van der Waals surface area contributed by atoms with Crippen molar-refractivity contribution in [3.05, 3.63) is 0 Å². The summed E-state index contributed by atoms with van der Waals surface area (Å²) in [6.45, 7) is 0. The highest BCUT2D eigenvalue weighted by Gasteiger charge is 2.20. The van der Waals surface area contributed by atoms with E-state index in [1.165, 1.54) is 11.8 Å². The molecule has 0 saturated heterocycles. The smallest absolute Gasteiger partial charge is 0.183 e. The summed E-state index contributed by atoms with van der Waals surface area (Å²) in [6.07, 6.45) is 4.24. The van der Waals surface area contributed by atoms with Gasteiger partial charge >= 0.3 is 0 Å². The van der Waals surface area contributed by atoms with E-state index in [0.29, 0.717) is 5.17 Å². The van der Waals surface area contributed by atoms with Gasteiger partial charge in [-0.25, -0.2) is 9.98 Å². The Hall–Kier alpha value is -0.680. The molecule has 0 aromatic heterocycles. The normalized spacial score (nSPS) is 28.3. The lowest BCUT2D eigenvalue weighted by atomic mass is 10.1. The molecule has 0 aromatic carbocycles. The summed E-state index contributed by atoms with van der Waals surface area (Å²) in [7, 11) is 1.78. The summed E-state index contributed by atoms with van der Waals surface area (Å²) in [6, 6.07) is 0. The van der Waals surface area contributed by atoms with Gasteiger partial charge in [-0.1, -0.05) is 11.8 Å². The fourth-order valence-electron chi connectivity index (χ4n) is 0.942. The van der Waals surface area contributed by atoms with Crippen LogP contribution in [0.4, 0.5) is 0 Å². The lowest BCUT2D eigenvalue weighted by Crippen LogP contribution is -2.36. The standard InChI is InChI=1S/C7H11N3OS/c1-8-6-5(4-11)3-9-7(10-6)12-2/h3-6,8H,1-2H3. The van der Waals surface area contributed by atoms with Gasteiger partial charge in [0.25, 0.3) is 0 Å². The monoisotopic (exact) mass is 185 g/mol. The molecule has 66 valence electrons. The number of carbonyl (C=O) groups is 1. The molecule has 2 atom stereocenters. The lowest BCUT2D eigenvalue weighted by Gasteiger charge is -2.18. The first-order valence-electron chi connectivity index (χ1n) is 3.60. The summed E-state index contributed by atoms with van der Waals surface area (Å²) in [5.74, 6) is -0.231. The van der Waals surface area contributed by atoms with Gasteiger partial charge in [-0.15, -0.1) is 0 Å². The van der Waals surface area contributed by atoms with Gasteiger partial charge in [0.1, 0.15) is 12.5 Å². The van der Waals surface area contributed by atoms with E-state index in [4.69, 9.17) is 0 Å². The van der Waals surface area contributed by atoms with E-state index in [0.717, 1.165) is 6.29 Å². The summed E-state index contributed by atoms with van der Waals surface area (Å²) in [4.78, 5) is 18.7. The Morgan fingerprint density at radius 1 is 1.75 bits per heavy atom. The van der Waals surface area contributed by atoms with Crippen LogP contribution in [0, 0.1) is 5.92 Å². The Bertz CT molecular complexity index is 227. The number of nitrogens with one attached hydrogen (secondary N) is 1. The molecule has 12 heavy (non-hydrogen) atoms. The van der Waals surface area contributed by atoms with Crippen molar-refractivity contribution < 1.29 is 4.79 Å². The number of aldehydes is 1. The van der Waals surface area contributed by atoms with Gasteiger partial charge in [-0.05, 0) is 13.3 Å². The third kappa shape index (κ3) is 1.92. The van der Waals surface area contributed by atoms with Crippen LogP contribution in [-0.4, -0.2) is 37.1 Å². The number of rotatable bonds is 2. The first kappa shape index (κ1) is 9.41. The van der Waals surface area contributed by atoms with Crippen molar-refractivity contribution in [2.24, 2.45) is 15.9 Å². The molecule has 0 radical (unpaired) electrons. The van der Waals surface area contributed by atoms with Gasteiger partial charge in [-0.2, -0.15) is 0 Å². The molecule has 4 nitrogen and oxygen atoms in total. The SMILES string of the molecule is CNC1N=C(SC)N=CC1C=O. The second-order valence-electron chi connectivity index (χ2n) is 2.34. The molecule has 5 heteroatoms. The van der Waals surface area contributed by atoms with Gasteiger partial charge in [0, 0.05) is 6.21 Å². The van der Waals surface area contributed by atoms with E-state index >= 15 is 0 Å². The summed E-state index contributed by atoms with van der Waals surface area (Å²) in [5, 5.41) is 3.66. The zero-order valence-corrected chi connectivity index (χ0v) is 7.84. The van der Waals surface area contributed by atoms with Gasteiger partial charge in [0.05, 0.1) is 5.92 Å². The molecule has 0 saturated carbocycles. The highest BCUT2D eigenvalue weighted by atomic mass is 32.2. The number of aliphatic imine (C=N–C) groups is 2. The minimum Gasteiger partial charge on any atom is -0.303 e. The number of carbonyl (C=O) groups excluding carboxylic acids is 1. The second kappa shape index (κ2) is 4.37. The molecule has 1 N–H and O–H groups in total. The largest absolute Gasteiger partial charge is 0.303 e. The van der Waals surface area contributed by atoms with Crippen LogP contribution in [0.3, 0.4) is 0 Å². The fraction of sp³-hybridized carbons (Fsp3) is 0.571. The molecule has 0 aliphatic carbocycles. The number of hydrogen-bond donors (Lipinski definition) is 1. The molecule has 0 bridgehead atoms. The van der Waals surface area contributed by atoms with E-state index < -0.39 is 0 Å². The average Bonchev–Trinajstić information content (AvgIpc) is 2.16. The predicted molar refractivity (Wildman–Crippen MR) is 51.8 cm³/mol. The highest BCUT2D eigenvalue weighted by molar-refractivity contribution is 8.13. The Labute approximate surface area is 75.5 Å². The molecule has 0 aromatic rings. The summed E-state index contributed by atoms with van der Waals surface area (Å²) >= 11 is 1.47. The van der Waals surface area contributed by atoms with Crippen molar-refractivity contribution in [2.45, 2.75) is 6.17 Å². The Morgan fingerprint density at radius 2 is 2.50 bits per heavy atom. The van der Waals surface area contributed by atoms with E-state index in [1.54, 1.807) is 13.3 Å². The topological polar surface area (TPSA) is 53.8 Å². The molecule has 0 spiro atoms. The maximum Gasteiger partial charge on any atom is 0.183 e. The number of hydrogen-bond acceptors (Lipinski definition) is 5. The van der Waals surface area contributed by atoms with Gasteiger partial charge < -0.3 is 4.79 Å². The maximum absolute atomic E-state index is 10.5. The third-order valence-electron chi connectivity index (χ3n) is 1.61. The average molecular weight is 185 g/mol. The molecular formula is C7H11N3OS. The first-order valence-corrected chi connectivity index (χ1v) is 4.83. The first-order chi connectivity index (χ1) is 5.81. The van der Waals surface area contributed by atoms with Gasteiger partial charge in [0.2, 0.25) is 0 Å². The molecule has 0 amide bonds. The Morgan fingerprint density at radius 3 is 3.00 bits per heavy atom. The summed E-state index contributed by atoms with van der Waals surface area (Å²) < 4.78 is 0. The second-order valence-corrected chi connectivity index (χ2v) is 3.11. The molecule has 1 rings (SSSR count). The van der Waals surface area contributed by atoms with Crippen molar-refractivity contribution in [3.8, 4) is 0 Å². The molecule has 1 aliphatic heterocycles. The van der Waals surface area contributed by atoms with Crippen LogP contribution in [-0.2, 0) is 4.79 Å². The molecule has 0 fully saturated rings. The van der Waals surface area contributed by atoms with E-state index in [1.807, 2.05) is 6.26 Å². The van der Waals surface area contributed by atoms with Crippen molar-refractivity contribution >= 4 is 29.4 Å². The van der Waals surface area contributed by atoms with E-state index in [9.17, 15) is 4.79 Å². The fourth-order valence-corrected chi connectivity index (χ4v) is 1.33. The minimum atomic E-state index is -0.231. The number of nitrogens with zero attached hydrogens (tertiary/aromatic N) is 2. The molecular weight excluding hydrogens is 174 g/mol. The van der Waals surface area contributed by atoms with Crippen molar-refractivity contribution in [1.82, 2.24) is 5.32 Å². The third-order valence-corrected chi connectivity index (χ3v) is 2.18. The van der Waals surface area contributed by atoms with Crippen LogP contribution in [0.15, 0.2) is 9.98 Å². The maximum atomic E-state index is 10.5. The van der Waals surface area contributed by atoms with Crippen LogP contribution in [0.25, 0.3) is 0 Å². The highest BCUT2D eigenvalue weighted by Crippen LogP contribution is 2.11. The quantitative estimate of drug-likeness (QED) is 0.623. The van der Waals surface area contributed by atoms with Crippen molar-refractivity contribution in [1.29, 1.82) is 0 Å². The minimum absolute atomic E-state index is 0.151. The van der Waals surface area contributed by atoms with Crippen LogP contribution >= 0.6 is 11.8 Å². The van der Waals surface area contributed by atoms with Crippen LogP contribution in [0.1, 0.15) is 0 Å². The Kier molecular flexibility index (Phi) is 3.43. The van der Waals surface area contributed by atoms with Crippen LogP contribution in [0.5, 0.6) is 0 Å². The van der Waals surface area contributed by atoms with Crippen LogP contribution in [0.2, 0.25) is 0 Å². The molecule has 1 heterocycles. The zero-order valence-electron chi connectivity index (χ0n) is 7.02. The molecule has 2 unspecified atom stereocenters. The van der Waals surface area contributed by atoms with Crippen LogP contribution < -0.4 is 5.32 Å². The van der Waals surface area contributed by atoms with Gasteiger partial charge in [-0.3, -0.25) is 5.32 Å². The van der Waals surface area contributed by atoms with Crippen molar-refractivity contribution in [2.75, 3.05) is 13.3 Å². The van der Waals surface area contributed by atoms with Gasteiger partial charge in [0.15, 0.2) is 5.17 Å². The predicted octanol–water partition coefficient (Wildman–Crippen LogP) is 0.150. The Balaban J connectivity index is 2.73.